The first-order chi connectivity index (χ1) is 15.9. The molecule has 1 aromatic heterocycles. The Hall–Kier alpha value is -2.52. The standard InChI is InChI=1S/C25H34N4O4S/c1-23(2,3)14-24(4,33-22(26)31)17-8-6-16(7-9-17)20-27-18-10-13-34(32)19(18)21(28-20)29-25(15-30)11-5-12-25/h6-9,30H,5,10-15H2,1-4H3,(H2,26,31)(H,27,28,29)/t24-,34?/m1/s1. The first-order valence-corrected chi connectivity index (χ1v) is 13.0. The number of aliphatic hydroxyl groups is 1. The van der Waals surface area contributed by atoms with E-state index in [1.54, 1.807) is 0 Å². The molecule has 4 N–H and O–H groups in total. The van der Waals surface area contributed by atoms with Gasteiger partial charge in [0.2, 0.25) is 0 Å². The van der Waals surface area contributed by atoms with Gasteiger partial charge >= 0.3 is 6.09 Å². The van der Waals surface area contributed by atoms with Gasteiger partial charge in [-0.2, -0.15) is 0 Å². The van der Waals surface area contributed by atoms with Gasteiger partial charge in [-0.25, -0.2) is 14.8 Å². The number of anilines is 1. The maximum atomic E-state index is 12.6. The number of benzene rings is 1. The number of nitrogens with zero attached hydrogens (tertiary/aromatic N) is 2. The molecule has 1 aliphatic heterocycles. The Bertz CT molecular complexity index is 1100. The van der Waals surface area contributed by atoms with E-state index in [0.717, 1.165) is 36.1 Å². The molecule has 2 atom stereocenters. The third kappa shape index (κ3) is 4.95. The van der Waals surface area contributed by atoms with Gasteiger partial charge in [0.05, 0.1) is 28.6 Å². The van der Waals surface area contributed by atoms with E-state index in [1.807, 2.05) is 31.2 Å². The molecule has 9 heteroatoms. The Morgan fingerprint density at radius 3 is 2.41 bits per heavy atom. The quantitative estimate of drug-likeness (QED) is 0.542. The van der Waals surface area contributed by atoms with Gasteiger partial charge < -0.3 is 20.9 Å². The normalized spacial score (nSPS) is 20.7. The van der Waals surface area contributed by atoms with Crippen LogP contribution in [0.2, 0.25) is 0 Å². The number of hydrogen-bond donors (Lipinski definition) is 3. The van der Waals surface area contributed by atoms with Crippen LogP contribution in [0.4, 0.5) is 10.6 Å². The van der Waals surface area contributed by atoms with Crippen LogP contribution in [0.5, 0.6) is 0 Å². The van der Waals surface area contributed by atoms with Crippen molar-refractivity contribution < 1.29 is 18.8 Å². The Morgan fingerprint density at radius 1 is 1.21 bits per heavy atom. The Kier molecular flexibility index (Phi) is 6.46. The van der Waals surface area contributed by atoms with E-state index in [4.69, 9.17) is 20.4 Å². The first kappa shape index (κ1) is 24.6. The highest BCUT2D eigenvalue weighted by atomic mass is 32.2. The molecule has 1 fully saturated rings. The number of amides is 1. The topological polar surface area (TPSA) is 127 Å². The van der Waals surface area contributed by atoms with Crippen LogP contribution in [0.25, 0.3) is 11.4 Å². The van der Waals surface area contributed by atoms with Gasteiger partial charge in [0.1, 0.15) is 16.3 Å². The van der Waals surface area contributed by atoms with Crippen LogP contribution in [-0.2, 0) is 27.6 Å². The van der Waals surface area contributed by atoms with Crippen molar-refractivity contribution in [2.45, 2.75) is 75.8 Å². The third-order valence-electron chi connectivity index (χ3n) is 6.63. The average molecular weight is 487 g/mol. The number of fused-ring (bicyclic) bond motifs is 1. The summed E-state index contributed by atoms with van der Waals surface area (Å²) in [5, 5.41) is 13.3. The molecule has 1 aromatic carbocycles. The fraction of sp³-hybridized carbons (Fsp3) is 0.560. The van der Waals surface area contributed by atoms with E-state index in [1.165, 1.54) is 0 Å². The molecular weight excluding hydrogens is 452 g/mol. The summed E-state index contributed by atoms with van der Waals surface area (Å²) in [6.45, 7) is 8.13. The fourth-order valence-electron chi connectivity index (χ4n) is 4.99. The Balaban J connectivity index is 1.69. The van der Waals surface area contributed by atoms with Gasteiger partial charge in [-0.15, -0.1) is 0 Å². The van der Waals surface area contributed by atoms with E-state index in [9.17, 15) is 14.1 Å². The monoisotopic (exact) mass is 486 g/mol. The van der Waals surface area contributed by atoms with E-state index in [0.29, 0.717) is 35.1 Å². The van der Waals surface area contributed by atoms with Crippen LogP contribution >= 0.6 is 0 Å². The summed E-state index contributed by atoms with van der Waals surface area (Å²) in [4.78, 5) is 21.8. The van der Waals surface area contributed by atoms with E-state index < -0.39 is 28.0 Å². The predicted molar refractivity (Wildman–Crippen MR) is 132 cm³/mol. The molecule has 1 unspecified atom stereocenters. The van der Waals surface area contributed by atoms with E-state index >= 15 is 0 Å². The molecule has 0 spiro atoms. The zero-order chi connectivity index (χ0) is 24.7. The van der Waals surface area contributed by atoms with Gasteiger partial charge in [0, 0.05) is 17.7 Å². The summed E-state index contributed by atoms with van der Waals surface area (Å²) in [6, 6.07) is 7.63. The minimum atomic E-state index is -1.15. The predicted octanol–water partition coefficient (Wildman–Crippen LogP) is 3.88. The molecule has 1 amide bonds. The van der Waals surface area contributed by atoms with Gasteiger partial charge in [0.25, 0.3) is 0 Å². The summed E-state index contributed by atoms with van der Waals surface area (Å²) in [5.74, 6) is 1.62. The molecule has 4 rings (SSSR count). The molecule has 8 nitrogen and oxygen atoms in total. The number of rotatable bonds is 7. The minimum absolute atomic E-state index is 0.00860. The second-order valence-electron chi connectivity index (χ2n) is 10.9. The highest BCUT2D eigenvalue weighted by Crippen LogP contribution is 2.40. The first-order valence-electron chi connectivity index (χ1n) is 11.7. The third-order valence-corrected chi connectivity index (χ3v) is 8.09. The van der Waals surface area contributed by atoms with Crippen molar-refractivity contribution in [2.75, 3.05) is 17.7 Å². The lowest BCUT2D eigenvalue weighted by atomic mass is 9.77. The molecule has 34 heavy (non-hydrogen) atoms. The van der Waals surface area contributed by atoms with Crippen LogP contribution in [-0.4, -0.2) is 43.3 Å². The zero-order valence-corrected chi connectivity index (χ0v) is 21.1. The lowest BCUT2D eigenvalue weighted by molar-refractivity contribution is -0.00297. The number of aryl methyl sites for hydroxylation is 1. The van der Waals surface area contributed by atoms with Crippen molar-refractivity contribution in [1.29, 1.82) is 0 Å². The molecule has 184 valence electrons. The number of primary amides is 1. The van der Waals surface area contributed by atoms with Crippen LogP contribution in [0.3, 0.4) is 0 Å². The van der Waals surface area contributed by atoms with Gasteiger partial charge in [-0.3, -0.25) is 4.21 Å². The maximum Gasteiger partial charge on any atom is 0.405 e. The SMILES string of the molecule is CC(C)(C)C[C@@](C)(OC(N)=O)c1ccc(-c2nc3c(c(NC4(CO)CCC4)n2)S(=O)CC3)cc1. The number of nitrogens with two attached hydrogens (primary N) is 1. The smallest absolute Gasteiger partial charge is 0.405 e. The molecule has 2 heterocycles. The molecule has 0 radical (unpaired) electrons. The highest BCUT2D eigenvalue weighted by molar-refractivity contribution is 7.85. The molecule has 0 saturated heterocycles. The molecule has 2 aromatic rings. The zero-order valence-electron chi connectivity index (χ0n) is 20.3. The number of carbonyl (C=O) groups excluding carboxylic acids is 1. The number of nitrogens with one attached hydrogen (secondary N) is 1. The molecule has 2 aliphatic rings. The molecular formula is C25H34N4O4S. The average Bonchev–Trinajstić information content (AvgIpc) is 3.10. The summed E-state index contributed by atoms with van der Waals surface area (Å²) in [5.41, 5.74) is 6.44. The number of hydrogen-bond acceptors (Lipinski definition) is 7. The van der Waals surface area contributed by atoms with Crippen molar-refractivity contribution >= 4 is 22.7 Å². The number of aromatic nitrogens is 2. The summed E-state index contributed by atoms with van der Waals surface area (Å²) in [6.07, 6.45) is 3.16. The van der Waals surface area contributed by atoms with E-state index in [-0.39, 0.29) is 12.0 Å². The minimum Gasteiger partial charge on any atom is -0.438 e. The molecule has 1 aliphatic carbocycles. The Morgan fingerprint density at radius 2 is 1.88 bits per heavy atom. The lowest BCUT2D eigenvalue weighted by Gasteiger charge is -2.41. The Labute approximate surface area is 203 Å². The van der Waals surface area contributed by atoms with Crippen LogP contribution in [0, 0.1) is 5.41 Å². The summed E-state index contributed by atoms with van der Waals surface area (Å²) >= 11 is 0. The van der Waals surface area contributed by atoms with Gasteiger partial charge in [-0.05, 0) is 43.6 Å². The van der Waals surface area contributed by atoms with Crippen molar-refractivity contribution in [2.24, 2.45) is 11.1 Å². The molecule has 0 bridgehead atoms. The fourth-order valence-corrected chi connectivity index (χ4v) is 6.30. The largest absolute Gasteiger partial charge is 0.438 e. The van der Waals surface area contributed by atoms with E-state index in [2.05, 4.69) is 26.1 Å². The second-order valence-corrected chi connectivity index (χ2v) is 12.4. The van der Waals surface area contributed by atoms with Crippen LogP contribution < -0.4 is 11.1 Å². The highest BCUT2D eigenvalue weighted by Gasteiger charge is 2.39. The van der Waals surface area contributed by atoms with Crippen molar-refractivity contribution in [1.82, 2.24) is 9.97 Å². The van der Waals surface area contributed by atoms with Crippen LogP contribution in [0.1, 0.15) is 64.6 Å². The van der Waals surface area contributed by atoms with Crippen molar-refractivity contribution in [3.05, 3.63) is 35.5 Å². The number of ether oxygens (including phenoxy) is 1. The summed E-state index contributed by atoms with van der Waals surface area (Å²) < 4.78 is 18.2. The number of aliphatic hydroxyl groups excluding tert-OH is 1. The summed E-state index contributed by atoms with van der Waals surface area (Å²) in [7, 11) is -1.15. The number of carbonyl (C=O) groups is 1. The van der Waals surface area contributed by atoms with Crippen LogP contribution in [0.15, 0.2) is 29.2 Å². The maximum absolute atomic E-state index is 12.6. The van der Waals surface area contributed by atoms with Gasteiger partial charge in [-0.1, -0.05) is 45.0 Å². The second kappa shape index (κ2) is 8.92. The van der Waals surface area contributed by atoms with Crippen molar-refractivity contribution in [3.8, 4) is 11.4 Å². The lowest BCUT2D eigenvalue weighted by Crippen LogP contribution is -2.48. The van der Waals surface area contributed by atoms with Crippen molar-refractivity contribution in [3.63, 3.8) is 0 Å². The molecule has 1 saturated carbocycles. The van der Waals surface area contributed by atoms with Gasteiger partial charge in [0.15, 0.2) is 5.82 Å².